The molecule has 0 aliphatic carbocycles. The van der Waals surface area contributed by atoms with Gasteiger partial charge in [0.05, 0.1) is 22.9 Å². The molecule has 0 saturated carbocycles. The van der Waals surface area contributed by atoms with Gasteiger partial charge in [-0.05, 0) is 56.8 Å². The van der Waals surface area contributed by atoms with E-state index in [1.54, 1.807) is 0 Å². The molecule has 3 nitrogen and oxygen atoms in total. The van der Waals surface area contributed by atoms with Gasteiger partial charge in [0, 0.05) is 32.7 Å². The summed E-state index contributed by atoms with van der Waals surface area (Å²) >= 11 is 0. The van der Waals surface area contributed by atoms with E-state index in [9.17, 15) is 0 Å². The predicted octanol–water partition coefficient (Wildman–Crippen LogP) is 12.5. The molecule has 0 saturated heterocycles. The van der Waals surface area contributed by atoms with Gasteiger partial charge >= 0.3 is 0 Å². The Hall–Kier alpha value is -6.58. The molecular weight excluding hydrogens is 597 g/mol. The van der Waals surface area contributed by atoms with Gasteiger partial charge in [0.15, 0.2) is 0 Å². The summed E-state index contributed by atoms with van der Waals surface area (Å²) in [5, 5.41) is 6.72. The predicted molar refractivity (Wildman–Crippen MR) is 204 cm³/mol. The minimum atomic E-state index is 0.824. The summed E-state index contributed by atoms with van der Waals surface area (Å²) < 4.78 is 6.46. The van der Waals surface area contributed by atoms with Crippen molar-refractivity contribution in [1.82, 2.24) is 9.97 Å². The van der Waals surface area contributed by atoms with Crippen LogP contribution in [-0.4, -0.2) is 9.97 Å². The number of furan rings is 1. The third-order valence-corrected chi connectivity index (χ3v) is 9.72. The number of hydrogen-bond acceptors (Lipinski definition) is 3. The van der Waals surface area contributed by atoms with E-state index in [1.807, 2.05) is 18.3 Å². The first-order valence-electron chi connectivity index (χ1n) is 16.6. The van der Waals surface area contributed by atoms with Crippen LogP contribution >= 0.6 is 0 Å². The summed E-state index contributed by atoms with van der Waals surface area (Å²) in [5.74, 6) is 0. The highest BCUT2D eigenvalue weighted by atomic mass is 16.3. The summed E-state index contributed by atoms with van der Waals surface area (Å²) in [6, 6.07) is 57.6. The van der Waals surface area contributed by atoms with Crippen LogP contribution in [0.15, 0.2) is 174 Å². The zero-order valence-corrected chi connectivity index (χ0v) is 26.5. The Morgan fingerprint density at radius 1 is 0.367 bits per heavy atom. The molecule has 0 fully saturated rings. The van der Waals surface area contributed by atoms with Crippen LogP contribution < -0.4 is 0 Å². The van der Waals surface area contributed by atoms with Crippen molar-refractivity contribution in [3.8, 4) is 44.6 Å². The van der Waals surface area contributed by atoms with E-state index in [2.05, 4.69) is 152 Å². The van der Waals surface area contributed by atoms with Gasteiger partial charge in [0.2, 0.25) is 0 Å². The molecule has 0 bridgehead atoms. The fourth-order valence-corrected chi connectivity index (χ4v) is 7.37. The van der Waals surface area contributed by atoms with Crippen LogP contribution in [0.1, 0.15) is 0 Å². The molecule has 10 rings (SSSR count). The summed E-state index contributed by atoms with van der Waals surface area (Å²) in [6.45, 7) is 0. The van der Waals surface area contributed by atoms with Gasteiger partial charge in [-0.25, -0.2) is 4.98 Å². The van der Waals surface area contributed by atoms with E-state index in [1.165, 1.54) is 27.6 Å². The number of hydrogen-bond donors (Lipinski definition) is 0. The SMILES string of the molecule is c1ccc(-c2ccc3c(c2)c2cc(-c4ccccc4)ccc2c2nc(-c4ccccc4-c4cccc5c4oc4ccccc45)cnc32)cc1. The van der Waals surface area contributed by atoms with Gasteiger partial charge in [0.25, 0.3) is 0 Å². The molecule has 0 spiro atoms. The number of para-hydroxylation sites is 2. The topological polar surface area (TPSA) is 38.9 Å². The Balaban J connectivity index is 1.22. The van der Waals surface area contributed by atoms with Crippen molar-refractivity contribution in [3.63, 3.8) is 0 Å². The second kappa shape index (κ2) is 11.0. The molecule has 0 amide bonds. The molecule has 0 atom stereocenters. The van der Waals surface area contributed by atoms with Crippen LogP contribution in [0, 0.1) is 0 Å². The molecule has 0 N–H and O–H groups in total. The quantitative estimate of drug-likeness (QED) is 0.183. The third-order valence-electron chi connectivity index (χ3n) is 9.72. The van der Waals surface area contributed by atoms with E-state index in [0.29, 0.717) is 0 Å². The first-order chi connectivity index (χ1) is 24.3. The van der Waals surface area contributed by atoms with E-state index in [0.717, 1.165) is 71.5 Å². The monoisotopic (exact) mass is 624 g/mol. The summed E-state index contributed by atoms with van der Waals surface area (Å²) in [5.41, 5.74) is 12.2. The van der Waals surface area contributed by atoms with Crippen molar-refractivity contribution in [3.05, 3.63) is 170 Å². The van der Waals surface area contributed by atoms with E-state index in [-0.39, 0.29) is 0 Å². The van der Waals surface area contributed by atoms with Crippen LogP contribution in [0.25, 0.3) is 99.2 Å². The van der Waals surface area contributed by atoms with Crippen LogP contribution in [0.3, 0.4) is 0 Å². The maximum Gasteiger partial charge on any atom is 0.143 e. The normalized spacial score (nSPS) is 11.7. The molecule has 2 heterocycles. The summed E-state index contributed by atoms with van der Waals surface area (Å²) in [6.07, 6.45) is 1.93. The Morgan fingerprint density at radius 2 is 0.939 bits per heavy atom. The van der Waals surface area contributed by atoms with Gasteiger partial charge in [-0.1, -0.05) is 146 Å². The molecule has 2 aromatic heterocycles. The lowest BCUT2D eigenvalue weighted by atomic mass is 9.93. The van der Waals surface area contributed by atoms with Crippen molar-refractivity contribution >= 4 is 54.5 Å². The number of rotatable bonds is 4. The molecule has 49 heavy (non-hydrogen) atoms. The largest absolute Gasteiger partial charge is 0.455 e. The highest BCUT2D eigenvalue weighted by Crippen LogP contribution is 2.41. The molecule has 10 aromatic rings. The Kier molecular flexibility index (Phi) is 6.18. The van der Waals surface area contributed by atoms with Crippen molar-refractivity contribution in [2.24, 2.45) is 0 Å². The molecular formula is C46H28N2O. The second-order valence-corrected chi connectivity index (χ2v) is 12.5. The smallest absolute Gasteiger partial charge is 0.143 e. The standard InChI is InChI=1S/C46H28N2O/c1-3-12-29(13-4-1)31-22-24-36-40(26-31)41-27-32(30-14-5-2-6-15-30)23-25-37(41)45-44(36)47-28-42(48-45)34-17-8-7-16-33(34)38-19-11-20-39-35-18-9-10-21-43(35)49-46(38)39/h1-28H. The Morgan fingerprint density at radius 3 is 1.65 bits per heavy atom. The van der Waals surface area contributed by atoms with Gasteiger partial charge in [-0.2, -0.15) is 0 Å². The zero-order chi connectivity index (χ0) is 32.3. The van der Waals surface area contributed by atoms with Gasteiger partial charge in [-0.15, -0.1) is 0 Å². The lowest BCUT2D eigenvalue weighted by molar-refractivity contribution is 0.670. The second-order valence-electron chi connectivity index (χ2n) is 12.5. The average Bonchev–Trinajstić information content (AvgIpc) is 3.57. The first kappa shape index (κ1) is 27.5. The zero-order valence-electron chi connectivity index (χ0n) is 26.5. The fraction of sp³-hybridized carbons (Fsp3) is 0. The van der Waals surface area contributed by atoms with Crippen molar-refractivity contribution in [2.75, 3.05) is 0 Å². The van der Waals surface area contributed by atoms with Crippen LogP contribution in [0.4, 0.5) is 0 Å². The first-order valence-corrected chi connectivity index (χ1v) is 16.6. The van der Waals surface area contributed by atoms with Crippen molar-refractivity contribution in [2.45, 2.75) is 0 Å². The number of aromatic nitrogens is 2. The lowest BCUT2D eigenvalue weighted by Crippen LogP contribution is -1.94. The van der Waals surface area contributed by atoms with Crippen LogP contribution in [0.2, 0.25) is 0 Å². The number of fused-ring (bicyclic) bond motifs is 9. The fourth-order valence-electron chi connectivity index (χ4n) is 7.37. The molecule has 0 radical (unpaired) electrons. The Labute approximate surface area is 282 Å². The molecule has 0 aliphatic rings. The number of benzene rings is 8. The van der Waals surface area contributed by atoms with Crippen LogP contribution in [-0.2, 0) is 0 Å². The van der Waals surface area contributed by atoms with Crippen molar-refractivity contribution < 1.29 is 4.42 Å². The number of nitrogens with zero attached hydrogens (tertiary/aromatic N) is 2. The molecule has 0 unspecified atom stereocenters. The van der Waals surface area contributed by atoms with Gasteiger partial charge in [-0.3, -0.25) is 4.98 Å². The maximum absolute atomic E-state index is 6.46. The highest BCUT2D eigenvalue weighted by molar-refractivity contribution is 6.24. The van der Waals surface area contributed by atoms with Gasteiger partial charge in [0.1, 0.15) is 11.2 Å². The van der Waals surface area contributed by atoms with E-state index >= 15 is 0 Å². The summed E-state index contributed by atoms with van der Waals surface area (Å²) in [4.78, 5) is 10.6. The molecule has 8 aromatic carbocycles. The molecule has 0 aliphatic heterocycles. The van der Waals surface area contributed by atoms with Crippen LogP contribution in [0.5, 0.6) is 0 Å². The van der Waals surface area contributed by atoms with E-state index < -0.39 is 0 Å². The molecule has 228 valence electrons. The Bertz CT molecular complexity index is 2870. The highest BCUT2D eigenvalue weighted by Gasteiger charge is 2.18. The average molecular weight is 625 g/mol. The lowest BCUT2D eigenvalue weighted by Gasteiger charge is -2.14. The third kappa shape index (κ3) is 4.44. The minimum Gasteiger partial charge on any atom is -0.455 e. The maximum atomic E-state index is 6.46. The van der Waals surface area contributed by atoms with Crippen molar-refractivity contribution in [1.29, 1.82) is 0 Å². The molecule has 3 heteroatoms. The van der Waals surface area contributed by atoms with Gasteiger partial charge < -0.3 is 4.42 Å². The van der Waals surface area contributed by atoms with E-state index in [4.69, 9.17) is 14.4 Å². The minimum absolute atomic E-state index is 0.824. The summed E-state index contributed by atoms with van der Waals surface area (Å²) in [7, 11) is 0.